The van der Waals surface area contributed by atoms with Gasteiger partial charge in [0.15, 0.2) is 0 Å². The Labute approximate surface area is 147 Å². The van der Waals surface area contributed by atoms with Crippen molar-refractivity contribution in [3.05, 3.63) is 24.4 Å². The molecule has 0 atom stereocenters. The molecule has 1 aliphatic carbocycles. The van der Waals surface area contributed by atoms with Gasteiger partial charge in [-0.2, -0.15) is 5.10 Å². The van der Waals surface area contributed by atoms with Gasteiger partial charge in [0.05, 0.1) is 6.20 Å². The number of hydrogen-bond donors (Lipinski definition) is 1. The van der Waals surface area contributed by atoms with Crippen LogP contribution in [0.15, 0.2) is 18.6 Å². The van der Waals surface area contributed by atoms with Crippen LogP contribution in [0.5, 0.6) is 0 Å². The fraction of sp³-hybridized carbons (Fsp3) is 0.611. The molecule has 25 heavy (non-hydrogen) atoms. The van der Waals surface area contributed by atoms with Crippen molar-refractivity contribution in [2.45, 2.75) is 50.9 Å². The molecule has 2 aliphatic rings. The zero-order valence-corrected chi connectivity index (χ0v) is 14.4. The Balaban J connectivity index is 1.33. The second-order valence-corrected chi connectivity index (χ2v) is 7.14. The molecular formula is C18H24N6O. The third-order valence-corrected chi connectivity index (χ3v) is 5.47. The second-order valence-electron chi connectivity index (χ2n) is 7.14. The van der Waals surface area contributed by atoms with E-state index in [1.807, 2.05) is 4.90 Å². The van der Waals surface area contributed by atoms with Crippen molar-refractivity contribution >= 4 is 5.91 Å². The Hall–Kier alpha value is -2.31. The van der Waals surface area contributed by atoms with E-state index in [1.54, 1.807) is 18.6 Å². The van der Waals surface area contributed by atoms with Crippen LogP contribution in [0.25, 0.3) is 11.5 Å². The molecule has 132 valence electrons. The van der Waals surface area contributed by atoms with E-state index >= 15 is 0 Å². The van der Waals surface area contributed by atoms with E-state index in [4.69, 9.17) is 0 Å². The molecule has 3 heterocycles. The highest BCUT2D eigenvalue weighted by Gasteiger charge is 2.28. The van der Waals surface area contributed by atoms with Gasteiger partial charge in [0.2, 0.25) is 11.7 Å². The van der Waals surface area contributed by atoms with E-state index < -0.39 is 0 Å². The van der Waals surface area contributed by atoms with Crippen molar-refractivity contribution in [1.29, 1.82) is 0 Å². The van der Waals surface area contributed by atoms with Crippen LogP contribution in [0.2, 0.25) is 0 Å². The van der Waals surface area contributed by atoms with Crippen LogP contribution in [0.1, 0.15) is 56.7 Å². The van der Waals surface area contributed by atoms with Crippen LogP contribution < -0.4 is 0 Å². The van der Waals surface area contributed by atoms with Crippen molar-refractivity contribution in [3.63, 3.8) is 0 Å². The van der Waals surface area contributed by atoms with Crippen LogP contribution in [0, 0.1) is 5.92 Å². The number of aromatic amines is 1. The van der Waals surface area contributed by atoms with Crippen molar-refractivity contribution in [2.24, 2.45) is 5.92 Å². The molecule has 1 N–H and O–H groups in total. The lowest BCUT2D eigenvalue weighted by Crippen LogP contribution is -2.38. The summed E-state index contributed by atoms with van der Waals surface area (Å²) in [5.74, 6) is 2.76. The van der Waals surface area contributed by atoms with Crippen molar-refractivity contribution < 1.29 is 4.79 Å². The summed E-state index contributed by atoms with van der Waals surface area (Å²) < 4.78 is 0. The number of H-pyrrole nitrogens is 1. The van der Waals surface area contributed by atoms with Gasteiger partial charge in [-0.25, -0.2) is 9.97 Å². The van der Waals surface area contributed by atoms with Crippen molar-refractivity contribution in [1.82, 2.24) is 30.0 Å². The fourth-order valence-electron chi connectivity index (χ4n) is 3.98. The minimum Gasteiger partial charge on any atom is -0.343 e. The molecule has 2 aromatic heterocycles. The molecule has 1 aliphatic heterocycles. The molecule has 7 nitrogen and oxygen atoms in total. The fourth-order valence-corrected chi connectivity index (χ4v) is 3.98. The summed E-state index contributed by atoms with van der Waals surface area (Å²) in [6, 6.07) is 0. The second kappa shape index (κ2) is 7.29. The Kier molecular flexibility index (Phi) is 4.72. The van der Waals surface area contributed by atoms with Gasteiger partial charge in [0, 0.05) is 37.8 Å². The smallest absolute Gasteiger partial charge is 0.222 e. The van der Waals surface area contributed by atoms with Crippen LogP contribution >= 0.6 is 0 Å². The minimum absolute atomic E-state index is 0.327. The summed E-state index contributed by atoms with van der Waals surface area (Å²) in [4.78, 5) is 27.4. The predicted octanol–water partition coefficient (Wildman–Crippen LogP) is 2.55. The van der Waals surface area contributed by atoms with Crippen molar-refractivity contribution in [3.8, 4) is 11.5 Å². The quantitative estimate of drug-likeness (QED) is 0.924. The summed E-state index contributed by atoms with van der Waals surface area (Å²) >= 11 is 0. The third-order valence-electron chi connectivity index (χ3n) is 5.47. The molecule has 0 bridgehead atoms. The molecular weight excluding hydrogens is 316 g/mol. The first-order chi connectivity index (χ1) is 12.3. The molecule has 1 amide bonds. The van der Waals surface area contributed by atoms with Gasteiger partial charge in [-0.1, -0.05) is 12.8 Å². The summed E-state index contributed by atoms with van der Waals surface area (Å²) in [5, 5.41) is 7.31. The van der Waals surface area contributed by atoms with Crippen LogP contribution in [-0.4, -0.2) is 49.0 Å². The summed E-state index contributed by atoms with van der Waals surface area (Å²) in [6.07, 6.45) is 12.6. The van der Waals surface area contributed by atoms with Crippen LogP contribution in [-0.2, 0) is 4.79 Å². The lowest BCUT2D eigenvalue weighted by molar-refractivity contribution is -0.133. The molecule has 1 saturated heterocycles. The molecule has 2 aromatic rings. The van der Waals surface area contributed by atoms with Gasteiger partial charge < -0.3 is 4.90 Å². The van der Waals surface area contributed by atoms with E-state index in [1.165, 1.54) is 25.7 Å². The highest BCUT2D eigenvalue weighted by molar-refractivity contribution is 5.76. The van der Waals surface area contributed by atoms with E-state index in [9.17, 15) is 4.79 Å². The number of hydrogen-bond acceptors (Lipinski definition) is 5. The number of rotatable bonds is 4. The summed E-state index contributed by atoms with van der Waals surface area (Å²) in [5.41, 5.74) is 0.675. The van der Waals surface area contributed by atoms with Gasteiger partial charge in [-0.15, -0.1) is 0 Å². The van der Waals surface area contributed by atoms with Gasteiger partial charge in [-0.3, -0.25) is 14.9 Å². The maximum Gasteiger partial charge on any atom is 0.222 e. The third kappa shape index (κ3) is 3.70. The maximum atomic E-state index is 12.5. The van der Waals surface area contributed by atoms with Gasteiger partial charge in [0.25, 0.3) is 0 Å². The monoisotopic (exact) mass is 340 g/mol. The number of piperidine rings is 1. The minimum atomic E-state index is 0.327. The average Bonchev–Trinajstić information content (AvgIpc) is 3.34. The molecule has 7 heteroatoms. The number of carbonyl (C=O) groups excluding carboxylic acids is 1. The molecule has 0 radical (unpaired) electrons. The molecule has 4 rings (SSSR count). The van der Waals surface area contributed by atoms with E-state index in [2.05, 4.69) is 25.1 Å². The number of aromatic nitrogens is 5. The number of nitrogens with zero attached hydrogens (tertiary/aromatic N) is 5. The Morgan fingerprint density at radius 3 is 2.68 bits per heavy atom. The lowest BCUT2D eigenvalue weighted by Gasteiger charge is -2.31. The zero-order valence-electron chi connectivity index (χ0n) is 14.4. The zero-order chi connectivity index (χ0) is 17.1. The average molecular weight is 340 g/mol. The van der Waals surface area contributed by atoms with E-state index in [0.717, 1.165) is 38.2 Å². The lowest BCUT2D eigenvalue weighted by atomic mass is 9.95. The Bertz CT molecular complexity index is 701. The Morgan fingerprint density at radius 1 is 1.16 bits per heavy atom. The summed E-state index contributed by atoms with van der Waals surface area (Å²) in [6.45, 7) is 1.63. The summed E-state index contributed by atoms with van der Waals surface area (Å²) in [7, 11) is 0. The molecule has 0 aromatic carbocycles. The normalized spacial score (nSPS) is 19.4. The first kappa shape index (κ1) is 16.2. The highest BCUT2D eigenvalue weighted by atomic mass is 16.2. The van der Waals surface area contributed by atoms with Crippen LogP contribution in [0.4, 0.5) is 0 Å². The van der Waals surface area contributed by atoms with E-state index in [-0.39, 0.29) is 0 Å². The topological polar surface area (TPSA) is 87.7 Å². The first-order valence-corrected chi connectivity index (χ1v) is 9.26. The maximum absolute atomic E-state index is 12.5. The first-order valence-electron chi connectivity index (χ1n) is 9.26. The SMILES string of the molecule is O=C(CC1CCCC1)N1CCC(c2nc(-c3cnccn3)n[nH]2)CC1. The standard InChI is InChI=1S/C18H24N6O/c25-16(11-13-3-1-2-4-13)24-9-5-14(6-10-24)17-21-18(23-22-17)15-12-19-7-8-20-15/h7-8,12-14H,1-6,9-11H2,(H,21,22,23). The van der Waals surface area contributed by atoms with E-state index in [0.29, 0.717) is 29.3 Å². The van der Waals surface area contributed by atoms with Gasteiger partial charge in [-0.05, 0) is 31.6 Å². The largest absolute Gasteiger partial charge is 0.343 e. The Morgan fingerprint density at radius 2 is 1.96 bits per heavy atom. The molecule has 0 unspecified atom stereocenters. The molecule has 1 saturated carbocycles. The molecule has 2 fully saturated rings. The molecule has 0 spiro atoms. The number of nitrogens with one attached hydrogen (secondary N) is 1. The number of carbonyl (C=O) groups is 1. The highest BCUT2D eigenvalue weighted by Crippen LogP contribution is 2.30. The van der Waals surface area contributed by atoms with Gasteiger partial charge >= 0.3 is 0 Å². The van der Waals surface area contributed by atoms with Crippen molar-refractivity contribution in [2.75, 3.05) is 13.1 Å². The number of likely N-dealkylation sites (tertiary alicyclic amines) is 1. The number of amides is 1. The predicted molar refractivity (Wildman–Crippen MR) is 92.5 cm³/mol. The van der Waals surface area contributed by atoms with Crippen LogP contribution in [0.3, 0.4) is 0 Å². The van der Waals surface area contributed by atoms with Gasteiger partial charge in [0.1, 0.15) is 11.5 Å².